The molecule has 0 aliphatic heterocycles. The molecule has 0 aliphatic carbocycles. The average molecular weight is 257 g/mol. The summed E-state index contributed by atoms with van der Waals surface area (Å²) in [6.07, 6.45) is 3.73. The van der Waals surface area contributed by atoms with E-state index in [0.717, 1.165) is 30.8 Å². The van der Waals surface area contributed by atoms with E-state index < -0.39 is 0 Å². The van der Waals surface area contributed by atoms with Crippen molar-refractivity contribution in [1.82, 2.24) is 4.98 Å². The molecular weight excluding hydrogens is 238 g/mol. The molecule has 0 spiro atoms. The van der Waals surface area contributed by atoms with Gasteiger partial charge < -0.3 is 15.8 Å². The van der Waals surface area contributed by atoms with Crippen molar-refractivity contribution in [2.75, 3.05) is 19.0 Å². The van der Waals surface area contributed by atoms with Crippen molar-refractivity contribution < 1.29 is 4.74 Å². The summed E-state index contributed by atoms with van der Waals surface area (Å²) in [6.45, 7) is 0.721. The van der Waals surface area contributed by atoms with E-state index in [1.165, 1.54) is 5.56 Å². The first-order valence-corrected chi connectivity index (χ1v) is 6.38. The SMILES string of the molecule is COc1cc(Nc2cccc(CCCN)c2)ccn1. The summed E-state index contributed by atoms with van der Waals surface area (Å²) in [7, 11) is 1.61. The third kappa shape index (κ3) is 3.96. The van der Waals surface area contributed by atoms with Gasteiger partial charge in [0.15, 0.2) is 0 Å². The van der Waals surface area contributed by atoms with Gasteiger partial charge in [-0.25, -0.2) is 4.98 Å². The zero-order valence-corrected chi connectivity index (χ0v) is 11.1. The smallest absolute Gasteiger partial charge is 0.214 e. The van der Waals surface area contributed by atoms with Gasteiger partial charge in [-0.15, -0.1) is 0 Å². The van der Waals surface area contributed by atoms with Crippen molar-refractivity contribution in [3.05, 3.63) is 48.2 Å². The zero-order valence-electron chi connectivity index (χ0n) is 11.1. The van der Waals surface area contributed by atoms with Gasteiger partial charge in [0.25, 0.3) is 0 Å². The van der Waals surface area contributed by atoms with E-state index in [1.54, 1.807) is 13.3 Å². The van der Waals surface area contributed by atoms with Gasteiger partial charge in [0, 0.05) is 23.6 Å². The molecule has 0 unspecified atom stereocenters. The van der Waals surface area contributed by atoms with Crippen LogP contribution in [-0.2, 0) is 6.42 Å². The summed E-state index contributed by atoms with van der Waals surface area (Å²) >= 11 is 0. The van der Waals surface area contributed by atoms with Gasteiger partial charge in [-0.05, 0) is 43.1 Å². The minimum Gasteiger partial charge on any atom is -0.481 e. The number of hydrogen-bond acceptors (Lipinski definition) is 4. The summed E-state index contributed by atoms with van der Waals surface area (Å²) in [6, 6.07) is 12.1. The molecule has 0 saturated carbocycles. The lowest BCUT2D eigenvalue weighted by molar-refractivity contribution is 0.398. The Morgan fingerprint density at radius 2 is 2.05 bits per heavy atom. The number of pyridine rings is 1. The average Bonchev–Trinajstić information content (AvgIpc) is 2.46. The molecule has 0 fully saturated rings. The molecule has 1 heterocycles. The molecule has 2 rings (SSSR count). The Hall–Kier alpha value is -2.07. The van der Waals surface area contributed by atoms with E-state index >= 15 is 0 Å². The second-order valence-corrected chi connectivity index (χ2v) is 4.30. The molecule has 0 saturated heterocycles. The van der Waals surface area contributed by atoms with Gasteiger partial charge in [-0.3, -0.25) is 0 Å². The van der Waals surface area contributed by atoms with E-state index in [-0.39, 0.29) is 0 Å². The lowest BCUT2D eigenvalue weighted by Crippen LogP contribution is -2.00. The van der Waals surface area contributed by atoms with Crippen molar-refractivity contribution in [3.63, 3.8) is 0 Å². The first-order valence-electron chi connectivity index (χ1n) is 6.38. The maximum Gasteiger partial charge on any atom is 0.214 e. The highest BCUT2D eigenvalue weighted by molar-refractivity contribution is 5.60. The lowest BCUT2D eigenvalue weighted by Gasteiger charge is -2.09. The molecular formula is C15H19N3O. The van der Waals surface area contributed by atoms with Crippen LogP contribution in [0.15, 0.2) is 42.6 Å². The molecule has 100 valence electrons. The Bertz CT molecular complexity index is 528. The fourth-order valence-electron chi connectivity index (χ4n) is 1.88. The van der Waals surface area contributed by atoms with Gasteiger partial charge >= 0.3 is 0 Å². The molecule has 4 nitrogen and oxygen atoms in total. The molecule has 0 atom stereocenters. The molecule has 19 heavy (non-hydrogen) atoms. The van der Waals surface area contributed by atoms with Gasteiger partial charge in [0.1, 0.15) is 0 Å². The number of nitrogens with one attached hydrogen (secondary N) is 1. The number of benzene rings is 1. The number of ether oxygens (including phenoxy) is 1. The second-order valence-electron chi connectivity index (χ2n) is 4.30. The normalized spacial score (nSPS) is 10.2. The number of aryl methyl sites for hydroxylation is 1. The monoisotopic (exact) mass is 257 g/mol. The molecule has 0 aliphatic rings. The maximum atomic E-state index is 5.53. The number of anilines is 2. The van der Waals surface area contributed by atoms with Crippen LogP contribution < -0.4 is 15.8 Å². The molecule has 0 bridgehead atoms. The van der Waals surface area contributed by atoms with Crippen molar-refractivity contribution in [1.29, 1.82) is 0 Å². The standard InChI is InChI=1S/C15H19N3O/c1-19-15-11-14(7-9-17-15)18-13-6-2-4-12(10-13)5-3-8-16/h2,4,6-7,9-11H,3,5,8,16H2,1H3,(H,17,18). The Labute approximate surface area is 113 Å². The molecule has 4 heteroatoms. The molecule has 1 aromatic carbocycles. The predicted molar refractivity (Wildman–Crippen MR) is 77.9 cm³/mol. The largest absolute Gasteiger partial charge is 0.481 e. The number of nitrogens with two attached hydrogens (primary N) is 1. The Morgan fingerprint density at radius 3 is 2.84 bits per heavy atom. The van der Waals surface area contributed by atoms with Crippen LogP contribution in [0.5, 0.6) is 5.88 Å². The van der Waals surface area contributed by atoms with Crippen LogP contribution in [0.3, 0.4) is 0 Å². The van der Waals surface area contributed by atoms with Crippen LogP contribution in [0.25, 0.3) is 0 Å². The van der Waals surface area contributed by atoms with Crippen LogP contribution in [0, 0.1) is 0 Å². The molecule has 1 aromatic heterocycles. The third-order valence-electron chi connectivity index (χ3n) is 2.83. The van der Waals surface area contributed by atoms with Crippen molar-refractivity contribution in [2.24, 2.45) is 5.73 Å². The summed E-state index contributed by atoms with van der Waals surface area (Å²) in [4.78, 5) is 4.08. The minimum atomic E-state index is 0.601. The van der Waals surface area contributed by atoms with Crippen molar-refractivity contribution in [3.8, 4) is 5.88 Å². The molecule has 2 aromatic rings. The highest BCUT2D eigenvalue weighted by Crippen LogP contribution is 2.20. The van der Waals surface area contributed by atoms with Crippen LogP contribution >= 0.6 is 0 Å². The van der Waals surface area contributed by atoms with Crippen LogP contribution in [0.1, 0.15) is 12.0 Å². The van der Waals surface area contributed by atoms with Gasteiger partial charge in [0.2, 0.25) is 5.88 Å². The van der Waals surface area contributed by atoms with Crippen molar-refractivity contribution in [2.45, 2.75) is 12.8 Å². The number of aromatic nitrogens is 1. The number of rotatable bonds is 6. The third-order valence-corrected chi connectivity index (χ3v) is 2.83. The first kappa shape index (κ1) is 13.4. The summed E-state index contributed by atoms with van der Waals surface area (Å²) in [5.41, 5.74) is 8.84. The fourth-order valence-corrected chi connectivity index (χ4v) is 1.88. The molecule has 0 amide bonds. The van der Waals surface area contributed by atoms with E-state index in [2.05, 4.69) is 22.4 Å². The lowest BCUT2D eigenvalue weighted by atomic mass is 10.1. The second kappa shape index (κ2) is 6.75. The quantitative estimate of drug-likeness (QED) is 0.835. The Balaban J connectivity index is 2.09. The van der Waals surface area contributed by atoms with Gasteiger partial charge in [0.05, 0.1) is 7.11 Å². The first-order chi connectivity index (χ1) is 9.31. The van der Waals surface area contributed by atoms with E-state index in [4.69, 9.17) is 10.5 Å². The Morgan fingerprint density at radius 1 is 1.21 bits per heavy atom. The van der Waals surface area contributed by atoms with E-state index in [1.807, 2.05) is 24.3 Å². The van der Waals surface area contributed by atoms with Crippen LogP contribution in [0.4, 0.5) is 11.4 Å². The topological polar surface area (TPSA) is 60.2 Å². The van der Waals surface area contributed by atoms with E-state index in [0.29, 0.717) is 5.88 Å². The van der Waals surface area contributed by atoms with Gasteiger partial charge in [-0.1, -0.05) is 12.1 Å². The highest BCUT2D eigenvalue weighted by Gasteiger charge is 1.99. The predicted octanol–water partition coefficient (Wildman–Crippen LogP) is 2.73. The summed E-state index contributed by atoms with van der Waals surface area (Å²) < 4.78 is 5.10. The zero-order chi connectivity index (χ0) is 13.5. The van der Waals surface area contributed by atoms with Crippen molar-refractivity contribution >= 4 is 11.4 Å². The van der Waals surface area contributed by atoms with E-state index in [9.17, 15) is 0 Å². The Kier molecular flexibility index (Phi) is 4.75. The molecule has 0 radical (unpaired) electrons. The summed E-state index contributed by atoms with van der Waals surface area (Å²) in [5, 5.41) is 3.34. The number of hydrogen-bond donors (Lipinski definition) is 2. The van der Waals surface area contributed by atoms with Crippen LogP contribution in [0.2, 0.25) is 0 Å². The number of methoxy groups -OCH3 is 1. The fraction of sp³-hybridized carbons (Fsp3) is 0.267. The minimum absolute atomic E-state index is 0.601. The summed E-state index contributed by atoms with van der Waals surface area (Å²) in [5.74, 6) is 0.601. The maximum absolute atomic E-state index is 5.53. The highest BCUT2D eigenvalue weighted by atomic mass is 16.5. The van der Waals surface area contributed by atoms with Crippen LogP contribution in [-0.4, -0.2) is 18.6 Å². The number of nitrogens with zero attached hydrogens (tertiary/aromatic N) is 1. The van der Waals surface area contributed by atoms with Gasteiger partial charge in [-0.2, -0.15) is 0 Å². The molecule has 3 N–H and O–H groups in total.